The van der Waals surface area contributed by atoms with Crippen LogP contribution in [0, 0.1) is 0 Å². The van der Waals surface area contributed by atoms with Gasteiger partial charge in [-0.15, -0.1) is 0 Å². The average molecular weight is 339 g/mol. The average Bonchev–Trinajstić information content (AvgIpc) is 2.27. The minimum absolute atomic E-state index is 0.0147. The van der Waals surface area contributed by atoms with Crippen LogP contribution >= 0.6 is 23.2 Å². The summed E-state index contributed by atoms with van der Waals surface area (Å²) in [7, 11) is -3.67. The Bertz CT molecular complexity index is 572. The molecular formula is C13H20Cl2N2O2S. The van der Waals surface area contributed by atoms with Crippen molar-refractivity contribution in [2.75, 3.05) is 0 Å². The van der Waals surface area contributed by atoms with Crippen LogP contribution < -0.4 is 10.0 Å². The van der Waals surface area contributed by atoms with Gasteiger partial charge in [-0.1, -0.05) is 37.0 Å². The molecule has 0 unspecified atom stereocenters. The lowest BCUT2D eigenvalue weighted by Gasteiger charge is -2.15. The van der Waals surface area contributed by atoms with E-state index in [1.165, 1.54) is 6.07 Å². The summed E-state index contributed by atoms with van der Waals surface area (Å²) >= 11 is 12.2. The zero-order chi connectivity index (χ0) is 15.5. The summed E-state index contributed by atoms with van der Waals surface area (Å²) in [4.78, 5) is 0.0147. The Morgan fingerprint density at radius 1 is 1.10 bits per heavy atom. The van der Waals surface area contributed by atoms with E-state index < -0.39 is 10.0 Å². The van der Waals surface area contributed by atoms with Crippen molar-refractivity contribution >= 4 is 33.2 Å². The van der Waals surface area contributed by atoms with E-state index in [1.54, 1.807) is 19.9 Å². The molecule has 0 radical (unpaired) electrons. The van der Waals surface area contributed by atoms with E-state index in [0.717, 1.165) is 0 Å². The Balaban J connectivity index is 3.21. The van der Waals surface area contributed by atoms with Crippen LogP contribution in [0.2, 0.25) is 10.0 Å². The fraction of sp³-hybridized carbons (Fsp3) is 0.538. The third-order valence-corrected chi connectivity index (χ3v) is 4.92. The van der Waals surface area contributed by atoms with Gasteiger partial charge >= 0.3 is 0 Å². The minimum Gasteiger partial charge on any atom is -0.310 e. The lowest BCUT2D eigenvalue weighted by atomic mass is 10.2. The fourth-order valence-electron chi connectivity index (χ4n) is 1.63. The van der Waals surface area contributed by atoms with Gasteiger partial charge < -0.3 is 5.32 Å². The van der Waals surface area contributed by atoms with Crippen molar-refractivity contribution in [3.8, 4) is 0 Å². The van der Waals surface area contributed by atoms with Crippen LogP contribution in [-0.2, 0) is 16.6 Å². The van der Waals surface area contributed by atoms with Crippen molar-refractivity contribution in [2.24, 2.45) is 0 Å². The normalized spacial score (nSPS) is 12.4. The van der Waals surface area contributed by atoms with Crippen LogP contribution in [0.15, 0.2) is 17.0 Å². The second kappa shape index (κ2) is 7.09. The van der Waals surface area contributed by atoms with Crippen molar-refractivity contribution in [3.05, 3.63) is 27.7 Å². The van der Waals surface area contributed by atoms with Gasteiger partial charge in [-0.05, 0) is 31.5 Å². The quantitative estimate of drug-likeness (QED) is 0.837. The molecule has 1 aromatic carbocycles. The molecule has 0 aliphatic heterocycles. The zero-order valence-electron chi connectivity index (χ0n) is 12.0. The largest absolute Gasteiger partial charge is 0.310 e. The van der Waals surface area contributed by atoms with Gasteiger partial charge in [-0.3, -0.25) is 0 Å². The zero-order valence-corrected chi connectivity index (χ0v) is 14.3. The van der Waals surface area contributed by atoms with Gasteiger partial charge in [0.25, 0.3) is 0 Å². The van der Waals surface area contributed by atoms with Crippen LogP contribution in [0.1, 0.15) is 33.3 Å². The first-order valence-corrected chi connectivity index (χ1v) is 8.61. The van der Waals surface area contributed by atoms with E-state index in [2.05, 4.69) is 10.0 Å². The molecule has 0 bridgehead atoms. The van der Waals surface area contributed by atoms with Gasteiger partial charge in [-0.25, -0.2) is 13.1 Å². The number of rotatable bonds is 6. The van der Waals surface area contributed by atoms with Gasteiger partial charge in [-0.2, -0.15) is 0 Å². The molecule has 0 saturated heterocycles. The molecule has 0 aromatic heterocycles. The highest BCUT2D eigenvalue weighted by Crippen LogP contribution is 2.29. The minimum atomic E-state index is -3.67. The SMILES string of the molecule is CC(C)NCc1cc(Cl)cc(S(=O)(=O)NC(C)C)c1Cl. The molecule has 1 aromatic rings. The summed E-state index contributed by atoms with van der Waals surface area (Å²) < 4.78 is 27.0. The van der Waals surface area contributed by atoms with Crippen LogP contribution in [0.3, 0.4) is 0 Å². The molecule has 0 spiro atoms. The molecule has 20 heavy (non-hydrogen) atoms. The molecule has 0 amide bonds. The molecule has 0 aliphatic carbocycles. The lowest BCUT2D eigenvalue weighted by Crippen LogP contribution is -2.30. The number of hydrogen-bond acceptors (Lipinski definition) is 3. The number of hydrogen-bond donors (Lipinski definition) is 2. The van der Waals surface area contributed by atoms with Crippen molar-refractivity contribution in [1.29, 1.82) is 0 Å². The monoisotopic (exact) mass is 338 g/mol. The summed E-state index contributed by atoms with van der Waals surface area (Å²) in [5, 5.41) is 3.74. The fourth-order valence-corrected chi connectivity index (χ4v) is 3.81. The van der Waals surface area contributed by atoms with Crippen LogP contribution in [-0.4, -0.2) is 20.5 Å². The molecule has 0 aliphatic rings. The second-order valence-corrected chi connectivity index (χ2v) is 7.69. The number of halogens is 2. The first-order valence-electron chi connectivity index (χ1n) is 6.37. The number of sulfonamides is 1. The summed E-state index contributed by atoms with van der Waals surface area (Å²) in [6, 6.07) is 3.09. The highest BCUT2D eigenvalue weighted by Gasteiger charge is 2.22. The first-order chi connectivity index (χ1) is 9.13. The maximum atomic E-state index is 12.2. The molecular weight excluding hydrogens is 319 g/mol. The molecule has 4 nitrogen and oxygen atoms in total. The van der Waals surface area contributed by atoms with Gasteiger partial charge in [0, 0.05) is 23.7 Å². The Morgan fingerprint density at radius 3 is 2.20 bits per heavy atom. The molecule has 0 atom stereocenters. The Labute approximate surface area is 130 Å². The maximum absolute atomic E-state index is 12.2. The van der Waals surface area contributed by atoms with E-state index in [-0.39, 0.29) is 22.0 Å². The number of nitrogens with one attached hydrogen (secondary N) is 2. The maximum Gasteiger partial charge on any atom is 0.242 e. The lowest BCUT2D eigenvalue weighted by molar-refractivity contribution is 0.569. The Hall–Kier alpha value is -0.330. The van der Waals surface area contributed by atoms with E-state index in [9.17, 15) is 8.42 Å². The Morgan fingerprint density at radius 2 is 1.70 bits per heavy atom. The standard InChI is InChI=1S/C13H20Cl2N2O2S/c1-8(2)16-7-10-5-11(14)6-12(13(10)15)20(18,19)17-9(3)4/h5-6,8-9,16-17H,7H2,1-4H3. The van der Waals surface area contributed by atoms with E-state index in [1.807, 2.05) is 13.8 Å². The molecule has 0 saturated carbocycles. The van der Waals surface area contributed by atoms with Crippen molar-refractivity contribution in [2.45, 2.75) is 51.2 Å². The van der Waals surface area contributed by atoms with E-state index in [0.29, 0.717) is 17.1 Å². The van der Waals surface area contributed by atoms with Crippen molar-refractivity contribution < 1.29 is 8.42 Å². The Kier molecular flexibility index (Phi) is 6.28. The van der Waals surface area contributed by atoms with Gasteiger partial charge in [0.2, 0.25) is 10.0 Å². The summed E-state index contributed by atoms with van der Waals surface area (Å²) in [5.41, 5.74) is 0.664. The first kappa shape index (κ1) is 17.7. The molecule has 7 heteroatoms. The van der Waals surface area contributed by atoms with Gasteiger partial charge in [0.05, 0.1) is 5.02 Å². The van der Waals surface area contributed by atoms with Crippen molar-refractivity contribution in [1.82, 2.24) is 10.0 Å². The second-order valence-electron chi connectivity index (χ2n) is 5.19. The third-order valence-electron chi connectivity index (χ3n) is 2.46. The van der Waals surface area contributed by atoms with E-state index in [4.69, 9.17) is 23.2 Å². The predicted molar refractivity (Wildman–Crippen MR) is 83.9 cm³/mol. The molecule has 0 fully saturated rings. The summed E-state index contributed by atoms with van der Waals surface area (Å²) in [6.07, 6.45) is 0. The van der Waals surface area contributed by atoms with Crippen LogP contribution in [0.4, 0.5) is 0 Å². The highest BCUT2D eigenvalue weighted by atomic mass is 35.5. The predicted octanol–water partition coefficient (Wildman–Crippen LogP) is 3.18. The number of benzene rings is 1. The summed E-state index contributed by atoms with van der Waals surface area (Å²) in [6.45, 7) is 7.95. The third kappa shape index (κ3) is 4.90. The van der Waals surface area contributed by atoms with Crippen molar-refractivity contribution in [3.63, 3.8) is 0 Å². The molecule has 114 valence electrons. The summed E-state index contributed by atoms with van der Waals surface area (Å²) in [5.74, 6) is 0. The topological polar surface area (TPSA) is 58.2 Å². The van der Waals surface area contributed by atoms with Crippen LogP contribution in [0.5, 0.6) is 0 Å². The van der Waals surface area contributed by atoms with E-state index >= 15 is 0 Å². The van der Waals surface area contributed by atoms with Gasteiger partial charge in [0.1, 0.15) is 4.90 Å². The van der Waals surface area contributed by atoms with Gasteiger partial charge in [0.15, 0.2) is 0 Å². The highest BCUT2D eigenvalue weighted by molar-refractivity contribution is 7.89. The smallest absolute Gasteiger partial charge is 0.242 e. The molecule has 2 N–H and O–H groups in total. The molecule has 1 rings (SSSR count). The van der Waals surface area contributed by atoms with Crippen LogP contribution in [0.25, 0.3) is 0 Å². The molecule has 0 heterocycles.